The lowest BCUT2D eigenvalue weighted by Crippen LogP contribution is -2.40. The molecule has 2 amide bonds. The molecule has 3 rings (SSSR count). The average Bonchev–Trinajstić information content (AvgIpc) is 2.63. The van der Waals surface area contributed by atoms with Gasteiger partial charge in [0.05, 0.1) is 16.5 Å². The van der Waals surface area contributed by atoms with E-state index in [0.717, 1.165) is 24.9 Å². The minimum Gasteiger partial charge on any atom is -0.369 e. The molecule has 5 nitrogen and oxygen atoms in total. The van der Waals surface area contributed by atoms with Crippen molar-refractivity contribution >= 4 is 29.1 Å². The monoisotopic (exact) mass is 389 g/mol. The molecule has 7 heteroatoms. The Hall–Kier alpha value is -2.44. The number of primary amides is 1. The molecule has 0 aromatic heterocycles. The van der Waals surface area contributed by atoms with Crippen molar-refractivity contribution in [3.63, 3.8) is 0 Å². The number of halogens is 2. The molecule has 2 aromatic carbocycles. The number of nitrogens with zero attached hydrogens (tertiary/aromatic N) is 1. The molecule has 1 unspecified atom stereocenters. The molecule has 0 aliphatic carbocycles. The molecule has 0 spiro atoms. The molecule has 2 aromatic rings. The van der Waals surface area contributed by atoms with E-state index in [2.05, 4.69) is 10.2 Å². The van der Waals surface area contributed by atoms with Gasteiger partial charge in [0.25, 0.3) is 5.91 Å². The van der Waals surface area contributed by atoms with E-state index in [1.807, 2.05) is 12.1 Å². The Kier molecular flexibility index (Phi) is 6.08. The molecule has 0 saturated carbocycles. The van der Waals surface area contributed by atoms with Gasteiger partial charge in [0, 0.05) is 18.8 Å². The Morgan fingerprint density at radius 1 is 1.22 bits per heavy atom. The third-order valence-electron chi connectivity index (χ3n) is 4.72. The van der Waals surface area contributed by atoms with E-state index in [9.17, 15) is 14.0 Å². The number of nitrogens with two attached hydrogens (primary N) is 1. The second-order valence-corrected chi connectivity index (χ2v) is 7.13. The largest absolute Gasteiger partial charge is 0.369 e. The zero-order valence-corrected chi connectivity index (χ0v) is 15.5. The van der Waals surface area contributed by atoms with Gasteiger partial charge in [0.2, 0.25) is 5.91 Å². The first-order chi connectivity index (χ1) is 12.9. The smallest absolute Gasteiger partial charge is 0.260 e. The Morgan fingerprint density at radius 2 is 1.96 bits per heavy atom. The van der Waals surface area contributed by atoms with Crippen LogP contribution in [-0.2, 0) is 11.3 Å². The number of piperidine rings is 1. The fourth-order valence-corrected chi connectivity index (χ4v) is 3.54. The quantitative estimate of drug-likeness (QED) is 0.822. The van der Waals surface area contributed by atoms with Crippen LogP contribution in [0.2, 0.25) is 5.02 Å². The van der Waals surface area contributed by atoms with Crippen LogP contribution in [0.15, 0.2) is 42.5 Å². The standard InChI is InChI=1S/C20H21ClFN3O2/c21-16-4-1-5-17(22)18(16)20(27)24-15-8-6-13(7-9-15)11-25-10-2-3-14(12-25)19(23)26/h1,4-9,14H,2-3,10-12H2,(H2,23,26)(H,24,27). The highest BCUT2D eigenvalue weighted by atomic mass is 35.5. The van der Waals surface area contributed by atoms with E-state index in [1.165, 1.54) is 18.2 Å². The third kappa shape index (κ3) is 4.84. The zero-order chi connectivity index (χ0) is 19.4. The number of hydrogen-bond acceptors (Lipinski definition) is 3. The normalized spacial score (nSPS) is 17.5. The summed E-state index contributed by atoms with van der Waals surface area (Å²) >= 11 is 5.92. The van der Waals surface area contributed by atoms with Gasteiger partial charge in [-0.05, 0) is 49.2 Å². The summed E-state index contributed by atoms with van der Waals surface area (Å²) in [6, 6.07) is 11.4. The molecule has 0 bridgehead atoms. The highest BCUT2D eigenvalue weighted by Gasteiger charge is 2.23. The van der Waals surface area contributed by atoms with Crippen molar-refractivity contribution in [3.05, 3.63) is 64.4 Å². The Balaban J connectivity index is 1.62. The fourth-order valence-electron chi connectivity index (χ4n) is 3.29. The maximum atomic E-state index is 13.8. The van der Waals surface area contributed by atoms with Crippen LogP contribution in [0.1, 0.15) is 28.8 Å². The zero-order valence-electron chi connectivity index (χ0n) is 14.8. The lowest BCUT2D eigenvalue weighted by Gasteiger charge is -2.31. The number of hydrogen-bond donors (Lipinski definition) is 2. The number of anilines is 1. The molecule has 1 atom stereocenters. The van der Waals surface area contributed by atoms with E-state index in [-0.39, 0.29) is 22.4 Å². The van der Waals surface area contributed by atoms with Crippen LogP contribution >= 0.6 is 11.6 Å². The van der Waals surface area contributed by atoms with E-state index in [1.54, 1.807) is 12.1 Å². The first-order valence-corrected chi connectivity index (χ1v) is 9.18. The van der Waals surface area contributed by atoms with Gasteiger partial charge in [0.1, 0.15) is 5.82 Å². The maximum absolute atomic E-state index is 13.8. The second-order valence-electron chi connectivity index (χ2n) is 6.72. The van der Waals surface area contributed by atoms with E-state index >= 15 is 0 Å². The predicted octanol–water partition coefficient (Wildman–Crippen LogP) is 3.43. The van der Waals surface area contributed by atoms with Crippen LogP contribution in [-0.4, -0.2) is 29.8 Å². The third-order valence-corrected chi connectivity index (χ3v) is 5.03. The minimum atomic E-state index is -0.661. The number of amides is 2. The number of nitrogens with one attached hydrogen (secondary N) is 1. The van der Waals surface area contributed by atoms with Gasteiger partial charge >= 0.3 is 0 Å². The molecule has 142 valence electrons. The van der Waals surface area contributed by atoms with E-state index in [0.29, 0.717) is 18.8 Å². The first kappa shape index (κ1) is 19.3. The molecule has 1 saturated heterocycles. The van der Waals surface area contributed by atoms with E-state index in [4.69, 9.17) is 17.3 Å². The van der Waals surface area contributed by atoms with Gasteiger partial charge in [-0.25, -0.2) is 4.39 Å². The molecule has 1 fully saturated rings. The van der Waals surface area contributed by atoms with Gasteiger partial charge in [-0.3, -0.25) is 14.5 Å². The molecule has 1 heterocycles. The van der Waals surface area contributed by atoms with Crippen molar-refractivity contribution in [2.45, 2.75) is 19.4 Å². The summed E-state index contributed by atoms with van der Waals surface area (Å²) < 4.78 is 13.8. The molecule has 3 N–H and O–H groups in total. The van der Waals surface area contributed by atoms with Crippen LogP contribution in [0.5, 0.6) is 0 Å². The molecule has 1 aliphatic rings. The van der Waals surface area contributed by atoms with Crippen molar-refractivity contribution in [2.75, 3.05) is 18.4 Å². The number of likely N-dealkylation sites (tertiary alicyclic amines) is 1. The van der Waals surface area contributed by atoms with Gasteiger partial charge in [-0.2, -0.15) is 0 Å². The van der Waals surface area contributed by atoms with Crippen molar-refractivity contribution < 1.29 is 14.0 Å². The Labute approximate surface area is 162 Å². The van der Waals surface area contributed by atoms with Crippen molar-refractivity contribution in [1.29, 1.82) is 0 Å². The van der Waals surface area contributed by atoms with Gasteiger partial charge in [-0.1, -0.05) is 29.8 Å². The first-order valence-electron chi connectivity index (χ1n) is 8.80. The number of carbonyl (C=O) groups excluding carboxylic acids is 2. The summed E-state index contributed by atoms with van der Waals surface area (Å²) in [5, 5.41) is 2.72. The maximum Gasteiger partial charge on any atom is 0.260 e. The van der Waals surface area contributed by atoms with Crippen molar-refractivity contribution in [2.24, 2.45) is 11.7 Å². The van der Waals surface area contributed by atoms with E-state index < -0.39 is 11.7 Å². The number of benzene rings is 2. The van der Waals surface area contributed by atoms with Crippen molar-refractivity contribution in [1.82, 2.24) is 4.90 Å². The number of carbonyl (C=O) groups is 2. The molecule has 27 heavy (non-hydrogen) atoms. The molecule has 1 aliphatic heterocycles. The topological polar surface area (TPSA) is 75.4 Å². The molecule has 0 radical (unpaired) electrons. The highest BCUT2D eigenvalue weighted by molar-refractivity contribution is 6.34. The summed E-state index contributed by atoms with van der Waals surface area (Å²) in [6.45, 7) is 2.30. The molecular weight excluding hydrogens is 369 g/mol. The summed E-state index contributed by atoms with van der Waals surface area (Å²) in [7, 11) is 0. The average molecular weight is 390 g/mol. The predicted molar refractivity (Wildman–Crippen MR) is 103 cm³/mol. The van der Waals surface area contributed by atoms with Crippen LogP contribution in [0.3, 0.4) is 0 Å². The van der Waals surface area contributed by atoms with Crippen molar-refractivity contribution in [3.8, 4) is 0 Å². The highest BCUT2D eigenvalue weighted by Crippen LogP contribution is 2.22. The van der Waals surface area contributed by atoms with Crippen LogP contribution in [0, 0.1) is 11.7 Å². The van der Waals surface area contributed by atoms with Crippen LogP contribution in [0.4, 0.5) is 10.1 Å². The number of rotatable bonds is 5. The minimum absolute atomic E-state index is 0.0678. The van der Waals surface area contributed by atoms with Gasteiger partial charge in [-0.15, -0.1) is 0 Å². The fraction of sp³-hybridized carbons (Fsp3) is 0.300. The summed E-state index contributed by atoms with van der Waals surface area (Å²) in [5.74, 6) is -1.59. The Morgan fingerprint density at radius 3 is 2.63 bits per heavy atom. The van der Waals surface area contributed by atoms with Crippen LogP contribution in [0.25, 0.3) is 0 Å². The second kappa shape index (κ2) is 8.50. The van der Waals surface area contributed by atoms with Crippen LogP contribution < -0.4 is 11.1 Å². The lowest BCUT2D eigenvalue weighted by molar-refractivity contribution is -0.123. The summed E-state index contributed by atoms with van der Waals surface area (Å²) in [4.78, 5) is 25.9. The lowest BCUT2D eigenvalue weighted by atomic mass is 9.97. The van der Waals surface area contributed by atoms with Gasteiger partial charge < -0.3 is 11.1 Å². The summed E-state index contributed by atoms with van der Waals surface area (Å²) in [5.41, 5.74) is 6.85. The Bertz CT molecular complexity index is 821. The summed E-state index contributed by atoms with van der Waals surface area (Å²) in [6.07, 6.45) is 1.79. The molecular formula is C20H21ClFN3O2. The SMILES string of the molecule is NC(=O)C1CCCN(Cc2ccc(NC(=O)c3c(F)cccc3Cl)cc2)C1. The van der Waals surface area contributed by atoms with Gasteiger partial charge in [0.15, 0.2) is 0 Å².